The molecule has 5 nitrogen and oxygen atoms in total. The van der Waals surface area contributed by atoms with Crippen molar-refractivity contribution in [1.29, 1.82) is 0 Å². The van der Waals surface area contributed by atoms with E-state index in [1.54, 1.807) is 29.8 Å². The number of aryl methyl sites for hydroxylation is 1. The van der Waals surface area contributed by atoms with Gasteiger partial charge >= 0.3 is 0 Å². The first-order chi connectivity index (χ1) is 13.9. The summed E-state index contributed by atoms with van der Waals surface area (Å²) < 4.78 is 0. The number of para-hydroxylation sites is 1. The van der Waals surface area contributed by atoms with E-state index in [0.29, 0.717) is 22.6 Å². The average Bonchev–Trinajstić information content (AvgIpc) is 3.10. The largest absolute Gasteiger partial charge is 0.507 e. The van der Waals surface area contributed by atoms with Crippen molar-refractivity contribution in [3.63, 3.8) is 0 Å². The van der Waals surface area contributed by atoms with Gasteiger partial charge in [0, 0.05) is 10.4 Å². The Morgan fingerprint density at radius 1 is 1.31 bits per heavy atom. The van der Waals surface area contributed by atoms with Crippen LogP contribution in [-0.2, 0) is 12.8 Å². The van der Waals surface area contributed by atoms with Gasteiger partial charge in [-0.1, -0.05) is 39.3 Å². The second kappa shape index (κ2) is 7.75. The molecule has 3 aromatic rings. The number of anilines is 1. The standard InChI is InChI=1S/C23H28N4OS/c1-5-23(3,4)15-10-11-19-17(12-15)20-21(24-13-25-22(20)29-19)27-26-14(2)16-8-6-7-9-18(16)28/h6-9,13,15,28H,5,10-12H2,1-4H3,(H,24,25,27)/b26-14+/t15-/m0/s1. The summed E-state index contributed by atoms with van der Waals surface area (Å²) in [4.78, 5) is 11.5. The first-order valence-electron chi connectivity index (χ1n) is 10.2. The minimum Gasteiger partial charge on any atom is -0.507 e. The fourth-order valence-corrected chi connectivity index (χ4v) is 5.31. The number of benzene rings is 1. The molecular weight excluding hydrogens is 380 g/mol. The van der Waals surface area contributed by atoms with Gasteiger partial charge in [-0.15, -0.1) is 11.3 Å². The zero-order valence-corrected chi connectivity index (χ0v) is 18.3. The highest BCUT2D eigenvalue weighted by molar-refractivity contribution is 7.19. The van der Waals surface area contributed by atoms with Crippen LogP contribution in [0.3, 0.4) is 0 Å². The SMILES string of the molecule is CCC(C)(C)[C@H]1CCc2sc3ncnc(N/N=C(\C)c4ccccc4O)c3c2C1. The van der Waals surface area contributed by atoms with Crippen LogP contribution >= 0.6 is 11.3 Å². The van der Waals surface area contributed by atoms with Crippen molar-refractivity contribution in [3.8, 4) is 5.75 Å². The average molecular weight is 409 g/mol. The van der Waals surface area contributed by atoms with Gasteiger partial charge in [-0.05, 0) is 55.2 Å². The monoisotopic (exact) mass is 408 g/mol. The molecule has 0 fully saturated rings. The second-order valence-corrected chi connectivity index (χ2v) is 9.60. The van der Waals surface area contributed by atoms with Crippen LogP contribution in [0.1, 0.15) is 56.5 Å². The molecule has 0 unspecified atom stereocenters. The van der Waals surface area contributed by atoms with Crippen LogP contribution in [0, 0.1) is 11.3 Å². The van der Waals surface area contributed by atoms with Crippen molar-refractivity contribution >= 4 is 33.1 Å². The zero-order chi connectivity index (χ0) is 20.6. The summed E-state index contributed by atoms with van der Waals surface area (Å²) in [5, 5.41) is 15.7. The third kappa shape index (κ3) is 3.73. The Morgan fingerprint density at radius 3 is 2.86 bits per heavy atom. The highest BCUT2D eigenvalue weighted by Crippen LogP contribution is 2.45. The Morgan fingerprint density at radius 2 is 2.10 bits per heavy atom. The van der Waals surface area contributed by atoms with Gasteiger partial charge in [0.15, 0.2) is 5.82 Å². The van der Waals surface area contributed by atoms with Gasteiger partial charge in [-0.25, -0.2) is 9.97 Å². The highest BCUT2D eigenvalue weighted by Gasteiger charge is 2.33. The predicted octanol–water partition coefficient (Wildman–Crippen LogP) is 5.77. The third-order valence-corrected chi connectivity index (χ3v) is 7.68. The fraction of sp³-hybridized carbons (Fsp3) is 0.435. The number of hydrogen-bond acceptors (Lipinski definition) is 6. The van der Waals surface area contributed by atoms with Crippen LogP contribution in [0.2, 0.25) is 0 Å². The van der Waals surface area contributed by atoms with Crippen LogP contribution in [0.25, 0.3) is 10.2 Å². The number of hydrogen-bond donors (Lipinski definition) is 2. The Balaban J connectivity index is 1.69. The van der Waals surface area contributed by atoms with Crippen LogP contribution in [0.15, 0.2) is 35.7 Å². The summed E-state index contributed by atoms with van der Waals surface area (Å²) in [5.74, 6) is 1.63. The van der Waals surface area contributed by atoms with Crippen LogP contribution in [-0.4, -0.2) is 20.8 Å². The van der Waals surface area contributed by atoms with Gasteiger partial charge in [-0.2, -0.15) is 5.10 Å². The van der Waals surface area contributed by atoms with E-state index in [9.17, 15) is 5.11 Å². The van der Waals surface area contributed by atoms with E-state index >= 15 is 0 Å². The van der Waals surface area contributed by atoms with E-state index in [2.05, 4.69) is 41.3 Å². The van der Waals surface area contributed by atoms with Crippen LogP contribution < -0.4 is 5.43 Å². The van der Waals surface area contributed by atoms with Crippen molar-refractivity contribution in [3.05, 3.63) is 46.6 Å². The highest BCUT2D eigenvalue weighted by atomic mass is 32.1. The summed E-state index contributed by atoms with van der Waals surface area (Å²) in [6.45, 7) is 8.93. The molecule has 0 bridgehead atoms. The number of phenols is 1. The number of hydrazone groups is 1. The van der Waals surface area contributed by atoms with E-state index in [-0.39, 0.29) is 5.75 Å². The number of aromatic hydroxyl groups is 1. The first-order valence-corrected chi connectivity index (χ1v) is 11.1. The van der Waals surface area contributed by atoms with Gasteiger partial charge < -0.3 is 5.11 Å². The molecule has 2 heterocycles. The minimum atomic E-state index is 0.223. The molecule has 0 saturated heterocycles. The van der Waals surface area contributed by atoms with Crippen molar-refractivity contribution in [2.75, 3.05) is 5.43 Å². The lowest BCUT2D eigenvalue weighted by molar-refractivity contribution is 0.184. The fourth-order valence-electron chi connectivity index (χ4n) is 4.13. The van der Waals surface area contributed by atoms with Crippen LogP contribution in [0.4, 0.5) is 5.82 Å². The summed E-state index contributed by atoms with van der Waals surface area (Å²) >= 11 is 1.79. The molecule has 0 radical (unpaired) electrons. The molecule has 152 valence electrons. The molecular formula is C23H28N4OS. The molecule has 2 N–H and O–H groups in total. The molecule has 1 aliphatic carbocycles. The molecule has 0 amide bonds. The number of thiophene rings is 1. The Hall–Kier alpha value is -2.47. The maximum Gasteiger partial charge on any atom is 0.158 e. The number of aromatic nitrogens is 2. The van der Waals surface area contributed by atoms with Crippen molar-refractivity contribution in [1.82, 2.24) is 9.97 Å². The Labute approximate surface area is 175 Å². The summed E-state index contributed by atoms with van der Waals surface area (Å²) in [7, 11) is 0. The zero-order valence-electron chi connectivity index (χ0n) is 17.5. The Bertz CT molecular complexity index is 1070. The Kier molecular flexibility index (Phi) is 5.30. The van der Waals surface area contributed by atoms with E-state index in [1.807, 2.05) is 19.1 Å². The van der Waals surface area contributed by atoms with Crippen molar-refractivity contribution in [2.45, 2.75) is 53.4 Å². The molecule has 2 aromatic heterocycles. The number of fused-ring (bicyclic) bond motifs is 3. The molecule has 0 spiro atoms. The lowest BCUT2D eigenvalue weighted by atomic mass is 9.69. The summed E-state index contributed by atoms with van der Waals surface area (Å²) in [6.07, 6.45) is 6.21. The number of nitrogens with zero attached hydrogens (tertiary/aromatic N) is 3. The number of nitrogens with one attached hydrogen (secondary N) is 1. The van der Waals surface area contributed by atoms with Gasteiger partial charge in [-0.3, -0.25) is 5.43 Å². The maximum atomic E-state index is 10.1. The van der Waals surface area contributed by atoms with E-state index < -0.39 is 0 Å². The van der Waals surface area contributed by atoms with E-state index in [4.69, 9.17) is 0 Å². The molecule has 1 atom stereocenters. The second-order valence-electron chi connectivity index (χ2n) is 8.51. The normalized spacial score (nSPS) is 17.4. The van der Waals surface area contributed by atoms with E-state index in [0.717, 1.165) is 28.9 Å². The molecule has 0 aliphatic heterocycles. The lowest BCUT2D eigenvalue weighted by Gasteiger charge is -2.36. The summed E-state index contributed by atoms with van der Waals surface area (Å²) in [5.41, 5.74) is 6.29. The quantitative estimate of drug-likeness (QED) is 0.415. The van der Waals surface area contributed by atoms with Crippen molar-refractivity contribution in [2.24, 2.45) is 16.4 Å². The molecule has 29 heavy (non-hydrogen) atoms. The molecule has 1 aromatic carbocycles. The lowest BCUT2D eigenvalue weighted by Crippen LogP contribution is -2.28. The number of rotatable bonds is 5. The predicted molar refractivity (Wildman–Crippen MR) is 121 cm³/mol. The molecule has 1 aliphatic rings. The third-order valence-electron chi connectivity index (χ3n) is 6.48. The molecule has 6 heteroatoms. The van der Waals surface area contributed by atoms with Gasteiger partial charge in [0.2, 0.25) is 0 Å². The summed E-state index contributed by atoms with van der Waals surface area (Å²) in [6, 6.07) is 7.22. The van der Waals surface area contributed by atoms with Crippen LogP contribution in [0.5, 0.6) is 5.75 Å². The van der Waals surface area contributed by atoms with Gasteiger partial charge in [0.05, 0.1) is 11.1 Å². The van der Waals surface area contributed by atoms with Gasteiger partial charge in [0.1, 0.15) is 16.9 Å². The molecule has 4 rings (SSSR count). The minimum absolute atomic E-state index is 0.223. The smallest absolute Gasteiger partial charge is 0.158 e. The topological polar surface area (TPSA) is 70.4 Å². The van der Waals surface area contributed by atoms with Crippen molar-refractivity contribution < 1.29 is 5.11 Å². The van der Waals surface area contributed by atoms with E-state index in [1.165, 1.54) is 23.3 Å². The van der Waals surface area contributed by atoms with Gasteiger partial charge in [0.25, 0.3) is 0 Å². The first kappa shape index (κ1) is 19.8. The number of phenolic OH excluding ortho intramolecular Hbond substituents is 1. The molecule has 0 saturated carbocycles. The maximum absolute atomic E-state index is 10.1.